The molecule has 1 heterocycles. The number of hydrogen-bond donors (Lipinski definition) is 1. The fourth-order valence-electron chi connectivity index (χ4n) is 2.27. The zero-order valence-corrected chi connectivity index (χ0v) is 14.4. The average molecular weight is 352 g/mol. The van der Waals surface area contributed by atoms with E-state index in [1.807, 2.05) is 0 Å². The van der Waals surface area contributed by atoms with Gasteiger partial charge in [0.2, 0.25) is 11.8 Å². The monoisotopic (exact) mass is 352 g/mol. The number of esters is 1. The number of imide groups is 1. The number of carbonyl (C=O) groups excluding carboxylic acids is 3. The molecule has 1 fully saturated rings. The fraction of sp³-hybridized carbons (Fsp3) is 0.438. The third kappa shape index (κ3) is 4.07. The quantitative estimate of drug-likeness (QED) is 0.576. The molecule has 7 nitrogen and oxygen atoms in total. The van der Waals surface area contributed by atoms with Crippen LogP contribution in [-0.4, -0.2) is 48.5 Å². The van der Waals surface area contributed by atoms with Crippen molar-refractivity contribution in [3.05, 3.63) is 24.3 Å². The number of rotatable bonds is 7. The molecule has 0 unspecified atom stereocenters. The average Bonchev–Trinajstić information content (AvgIpc) is 2.86. The van der Waals surface area contributed by atoms with Crippen LogP contribution in [0.3, 0.4) is 0 Å². The van der Waals surface area contributed by atoms with Crippen LogP contribution >= 0.6 is 11.8 Å². The van der Waals surface area contributed by atoms with Crippen LogP contribution in [-0.2, 0) is 19.1 Å². The topological polar surface area (TPSA) is 98.9 Å². The molecule has 1 saturated heterocycles. The van der Waals surface area contributed by atoms with E-state index in [0.717, 1.165) is 4.90 Å². The first-order valence-electron chi connectivity index (χ1n) is 7.52. The van der Waals surface area contributed by atoms with Gasteiger partial charge in [0.15, 0.2) is 0 Å². The first-order chi connectivity index (χ1) is 11.5. The summed E-state index contributed by atoms with van der Waals surface area (Å²) in [5.41, 5.74) is 6.22. The SMILES string of the molecule is CCOC(=O)[C@H](N)CS[C@@H]1CC(=O)N(c2ccc(OC)cc2)C1=O. The van der Waals surface area contributed by atoms with E-state index < -0.39 is 17.3 Å². The van der Waals surface area contributed by atoms with Gasteiger partial charge in [0.25, 0.3) is 0 Å². The summed E-state index contributed by atoms with van der Waals surface area (Å²) in [6.07, 6.45) is 0.0884. The van der Waals surface area contributed by atoms with E-state index >= 15 is 0 Å². The highest BCUT2D eigenvalue weighted by atomic mass is 32.2. The fourth-order valence-corrected chi connectivity index (χ4v) is 3.36. The lowest BCUT2D eigenvalue weighted by Crippen LogP contribution is -2.36. The van der Waals surface area contributed by atoms with Crippen LogP contribution in [0.5, 0.6) is 5.75 Å². The molecule has 0 bridgehead atoms. The molecule has 0 aliphatic carbocycles. The van der Waals surface area contributed by atoms with E-state index in [-0.39, 0.29) is 30.6 Å². The first kappa shape index (κ1) is 18.3. The summed E-state index contributed by atoms with van der Waals surface area (Å²) in [5.74, 6) is -0.213. The third-order valence-electron chi connectivity index (χ3n) is 3.50. The molecule has 1 aliphatic rings. The van der Waals surface area contributed by atoms with E-state index in [0.29, 0.717) is 11.4 Å². The molecule has 130 valence electrons. The van der Waals surface area contributed by atoms with E-state index in [2.05, 4.69) is 0 Å². The minimum absolute atomic E-state index is 0.0884. The van der Waals surface area contributed by atoms with Gasteiger partial charge in [0.05, 0.1) is 24.7 Å². The Balaban J connectivity index is 1.99. The zero-order chi connectivity index (χ0) is 17.7. The molecule has 2 atom stereocenters. The van der Waals surface area contributed by atoms with Crippen LogP contribution in [0.25, 0.3) is 0 Å². The van der Waals surface area contributed by atoms with Gasteiger partial charge in [-0.1, -0.05) is 0 Å². The smallest absolute Gasteiger partial charge is 0.323 e. The number of methoxy groups -OCH3 is 1. The van der Waals surface area contributed by atoms with Gasteiger partial charge in [-0.25, -0.2) is 4.90 Å². The van der Waals surface area contributed by atoms with E-state index in [4.69, 9.17) is 15.2 Å². The Morgan fingerprint density at radius 3 is 2.62 bits per heavy atom. The number of nitrogens with zero attached hydrogens (tertiary/aromatic N) is 1. The Kier molecular flexibility index (Phi) is 6.22. The van der Waals surface area contributed by atoms with Crippen molar-refractivity contribution in [2.45, 2.75) is 24.6 Å². The van der Waals surface area contributed by atoms with Crippen LogP contribution in [0.2, 0.25) is 0 Å². The molecule has 2 rings (SSSR count). The second-order valence-corrected chi connectivity index (χ2v) is 6.39. The molecule has 1 aliphatic heterocycles. The number of anilines is 1. The minimum Gasteiger partial charge on any atom is -0.497 e. The van der Waals surface area contributed by atoms with Gasteiger partial charge < -0.3 is 15.2 Å². The highest BCUT2D eigenvalue weighted by Gasteiger charge is 2.40. The van der Waals surface area contributed by atoms with Crippen molar-refractivity contribution in [1.29, 1.82) is 0 Å². The second kappa shape index (κ2) is 8.16. The van der Waals surface area contributed by atoms with Crippen LogP contribution in [0.15, 0.2) is 24.3 Å². The highest BCUT2D eigenvalue weighted by Crippen LogP contribution is 2.30. The second-order valence-electron chi connectivity index (χ2n) is 5.15. The lowest BCUT2D eigenvalue weighted by molar-refractivity contribution is -0.144. The Labute approximate surface area is 144 Å². The molecule has 1 aromatic rings. The van der Waals surface area contributed by atoms with Crippen molar-refractivity contribution in [2.75, 3.05) is 24.4 Å². The summed E-state index contributed by atoms with van der Waals surface area (Å²) >= 11 is 1.20. The number of thioether (sulfide) groups is 1. The predicted molar refractivity (Wildman–Crippen MR) is 91.0 cm³/mol. The maximum atomic E-state index is 12.5. The predicted octanol–water partition coefficient (Wildman–Crippen LogP) is 0.951. The van der Waals surface area contributed by atoms with Crippen LogP contribution < -0.4 is 15.4 Å². The number of ether oxygens (including phenoxy) is 2. The zero-order valence-electron chi connectivity index (χ0n) is 13.6. The maximum Gasteiger partial charge on any atom is 0.323 e. The number of amides is 2. The number of carbonyl (C=O) groups is 3. The largest absolute Gasteiger partial charge is 0.497 e. The van der Waals surface area contributed by atoms with E-state index in [1.54, 1.807) is 38.3 Å². The number of nitrogens with two attached hydrogens (primary N) is 1. The molecule has 2 amide bonds. The molecule has 0 saturated carbocycles. The van der Waals surface area contributed by atoms with Crippen molar-refractivity contribution >= 4 is 35.2 Å². The van der Waals surface area contributed by atoms with Gasteiger partial charge in [-0.15, -0.1) is 11.8 Å². The Bertz CT molecular complexity index is 619. The van der Waals surface area contributed by atoms with Gasteiger partial charge in [-0.2, -0.15) is 0 Å². The lowest BCUT2D eigenvalue weighted by atomic mass is 10.3. The normalized spacial score (nSPS) is 18.6. The molecule has 1 aromatic carbocycles. The van der Waals surface area contributed by atoms with Gasteiger partial charge in [0.1, 0.15) is 11.8 Å². The van der Waals surface area contributed by atoms with Crippen molar-refractivity contribution < 1.29 is 23.9 Å². The number of benzene rings is 1. The first-order valence-corrected chi connectivity index (χ1v) is 8.57. The van der Waals surface area contributed by atoms with Gasteiger partial charge in [-0.05, 0) is 31.2 Å². The summed E-state index contributed by atoms with van der Waals surface area (Å²) in [7, 11) is 1.54. The van der Waals surface area contributed by atoms with E-state index in [9.17, 15) is 14.4 Å². The Morgan fingerprint density at radius 1 is 1.38 bits per heavy atom. The van der Waals surface area contributed by atoms with Crippen LogP contribution in [0.4, 0.5) is 5.69 Å². The lowest BCUT2D eigenvalue weighted by Gasteiger charge is -2.16. The van der Waals surface area contributed by atoms with E-state index in [1.165, 1.54) is 11.8 Å². The highest BCUT2D eigenvalue weighted by molar-refractivity contribution is 8.00. The minimum atomic E-state index is -0.812. The summed E-state index contributed by atoms with van der Waals surface area (Å²) in [6.45, 7) is 1.95. The number of hydrogen-bond acceptors (Lipinski definition) is 7. The van der Waals surface area contributed by atoms with Crippen molar-refractivity contribution in [2.24, 2.45) is 5.73 Å². The van der Waals surface area contributed by atoms with Crippen LogP contribution in [0, 0.1) is 0 Å². The molecular weight excluding hydrogens is 332 g/mol. The molecular formula is C16H20N2O5S. The van der Waals surface area contributed by atoms with Crippen molar-refractivity contribution in [3.63, 3.8) is 0 Å². The van der Waals surface area contributed by atoms with Crippen LogP contribution in [0.1, 0.15) is 13.3 Å². The van der Waals surface area contributed by atoms with Gasteiger partial charge in [0, 0.05) is 12.2 Å². The molecule has 8 heteroatoms. The summed E-state index contributed by atoms with van der Waals surface area (Å²) in [5, 5.41) is -0.542. The molecule has 2 N–H and O–H groups in total. The maximum absolute atomic E-state index is 12.5. The van der Waals surface area contributed by atoms with Crippen molar-refractivity contribution in [1.82, 2.24) is 0 Å². The summed E-state index contributed by atoms with van der Waals surface area (Å²) in [4.78, 5) is 37.3. The summed E-state index contributed by atoms with van der Waals surface area (Å²) < 4.78 is 9.89. The Morgan fingerprint density at radius 2 is 2.04 bits per heavy atom. The standard InChI is InChI=1S/C16H20N2O5S/c1-3-23-16(21)12(17)9-24-13-8-14(19)18(15(13)20)10-4-6-11(22-2)7-5-10/h4-7,12-13H,3,8-9,17H2,1-2H3/t12-,13-/m1/s1. The summed E-state index contributed by atoms with van der Waals surface area (Å²) in [6, 6.07) is 5.88. The molecule has 0 aromatic heterocycles. The van der Waals surface area contributed by atoms with Gasteiger partial charge >= 0.3 is 5.97 Å². The molecule has 0 radical (unpaired) electrons. The Hall–Kier alpha value is -2.06. The molecule has 0 spiro atoms. The molecule has 24 heavy (non-hydrogen) atoms. The van der Waals surface area contributed by atoms with Gasteiger partial charge in [-0.3, -0.25) is 14.4 Å². The van der Waals surface area contributed by atoms with Crippen molar-refractivity contribution in [3.8, 4) is 5.75 Å². The third-order valence-corrected chi connectivity index (χ3v) is 4.82.